The highest BCUT2D eigenvalue weighted by atomic mass is 32.2. The van der Waals surface area contributed by atoms with E-state index < -0.39 is 0 Å². The van der Waals surface area contributed by atoms with Crippen LogP contribution in [0.5, 0.6) is 0 Å². The zero-order valence-electron chi connectivity index (χ0n) is 15.8. The van der Waals surface area contributed by atoms with E-state index in [2.05, 4.69) is 0 Å². The van der Waals surface area contributed by atoms with E-state index in [-0.39, 0.29) is 16.7 Å². The van der Waals surface area contributed by atoms with Crippen LogP contribution in [-0.4, -0.2) is 51.9 Å². The lowest BCUT2D eigenvalue weighted by molar-refractivity contribution is -0.129. The van der Waals surface area contributed by atoms with Crippen LogP contribution in [0.3, 0.4) is 0 Å². The maximum absolute atomic E-state index is 12.9. The molecule has 2 aliphatic rings. The second kappa shape index (κ2) is 8.23. The van der Waals surface area contributed by atoms with E-state index in [0.717, 1.165) is 36.3 Å². The number of likely N-dealkylation sites (tertiary alicyclic amines) is 1. The Morgan fingerprint density at radius 2 is 1.54 bits per heavy atom. The molecule has 4 nitrogen and oxygen atoms in total. The number of carbonyl (C=O) groups excluding carboxylic acids is 2. The highest BCUT2D eigenvalue weighted by Gasteiger charge is 2.46. The Balaban J connectivity index is 1.41. The van der Waals surface area contributed by atoms with Gasteiger partial charge in [-0.15, -0.1) is 11.8 Å². The van der Waals surface area contributed by atoms with Crippen LogP contribution in [0.25, 0.3) is 6.08 Å². The van der Waals surface area contributed by atoms with Crippen molar-refractivity contribution in [2.24, 2.45) is 0 Å². The third-order valence-electron chi connectivity index (χ3n) is 5.51. The van der Waals surface area contributed by atoms with Crippen molar-refractivity contribution in [1.82, 2.24) is 9.80 Å². The Hall–Kier alpha value is -2.53. The predicted octanol–water partition coefficient (Wildman–Crippen LogP) is 3.91. The van der Waals surface area contributed by atoms with E-state index in [4.69, 9.17) is 0 Å². The van der Waals surface area contributed by atoms with Crippen LogP contribution in [0, 0.1) is 0 Å². The standard InChI is InChI=1S/C23H24N2O2S/c26-21(12-11-19-7-3-1-4-8-19)25-17-18-28-23(25)13-15-24(16-14-23)22(27)20-9-5-2-6-10-20/h1-12H,13-18H2/b12-11+. The third-order valence-corrected chi connectivity index (χ3v) is 7.07. The summed E-state index contributed by atoms with van der Waals surface area (Å²) in [6.07, 6.45) is 5.21. The molecule has 2 saturated heterocycles. The summed E-state index contributed by atoms with van der Waals surface area (Å²) < 4.78 is 0. The number of benzene rings is 2. The first-order chi connectivity index (χ1) is 13.7. The Labute approximate surface area is 170 Å². The Bertz CT molecular complexity index is 859. The Morgan fingerprint density at radius 3 is 2.21 bits per heavy atom. The van der Waals surface area contributed by atoms with Crippen molar-refractivity contribution in [2.45, 2.75) is 17.7 Å². The molecule has 2 aliphatic heterocycles. The van der Waals surface area contributed by atoms with Gasteiger partial charge in [0.2, 0.25) is 5.91 Å². The van der Waals surface area contributed by atoms with Crippen molar-refractivity contribution in [3.05, 3.63) is 77.9 Å². The zero-order chi connectivity index (χ0) is 19.4. The Kier molecular flexibility index (Phi) is 5.53. The van der Waals surface area contributed by atoms with E-state index in [1.54, 1.807) is 6.08 Å². The lowest BCUT2D eigenvalue weighted by atomic mass is 10.0. The molecule has 5 heteroatoms. The molecule has 4 rings (SSSR count). The first-order valence-electron chi connectivity index (χ1n) is 9.71. The van der Waals surface area contributed by atoms with E-state index >= 15 is 0 Å². The highest BCUT2D eigenvalue weighted by Crippen LogP contribution is 2.44. The van der Waals surface area contributed by atoms with Crippen molar-refractivity contribution >= 4 is 29.7 Å². The number of hydrogen-bond donors (Lipinski definition) is 0. The van der Waals surface area contributed by atoms with Gasteiger partial charge in [0, 0.05) is 37.0 Å². The summed E-state index contributed by atoms with van der Waals surface area (Å²) >= 11 is 1.87. The average molecular weight is 393 g/mol. The van der Waals surface area contributed by atoms with E-state index in [1.807, 2.05) is 88.3 Å². The van der Waals surface area contributed by atoms with Crippen molar-refractivity contribution in [2.75, 3.05) is 25.4 Å². The van der Waals surface area contributed by atoms with Gasteiger partial charge in [-0.25, -0.2) is 0 Å². The minimum Gasteiger partial charge on any atom is -0.338 e. The van der Waals surface area contributed by atoms with Gasteiger partial charge < -0.3 is 9.80 Å². The van der Waals surface area contributed by atoms with Crippen LogP contribution in [0.1, 0.15) is 28.8 Å². The smallest absolute Gasteiger partial charge is 0.253 e. The lowest BCUT2D eigenvalue weighted by Crippen LogP contribution is -2.53. The fourth-order valence-electron chi connectivity index (χ4n) is 3.98. The van der Waals surface area contributed by atoms with Crippen LogP contribution in [-0.2, 0) is 4.79 Å². The number of thioether (sulfide) groups is 1. The largest absolute Gasteiger partial charge is 0.338 e. The fourth-order valence-corrected chi connectivity index (χ4v) is 5.44. The minimum atomic E-state index is -0.175. The molecule has 2 amide bonds. The lowest BCUT2D eigenvalue weighted by Gasteiger charge is -2.43. The molecule has 0 unspecified atom stereocenters. The maximum atomic E-state index is 12.9. The number of hydrogen-bond acceptors (Lipinski definition) is 3. The summed E-state index contributed by atoms with van der Waals surface area (Å²) in [4.78, 5) is 29.3. The molecule has 2 aromatic carbocycles. The van der Waals surface area contributed by atoms with Crippen molar-refractivity contribution in [1.29, 1.82) is 0 Å². The second-order valence-corrected chi connectivity index (χ2v) is 8.64. The summed E-state index contributed by atoms with van der Waals surface area (Å²) in [7, 11) is 0. The van der Waals surface area contributed by atoms with Gasteiger partial charge >= 0.3 is 0 Å². The number of piperidine rings is 1. The Morgan fingerprint density at radius 1 is 0.893 bits per heavy atom. The van der Waals surface area contributed by atoms with Crippen LogP contribution < -0.4 is 0 Å². The van der Waals surface area contributed by atoms with Crippen LogP contribution >= 0.6 is 11.8 Å². The summed E-state index contributed by atoms with van der Waals surface area (Å²) in [6, 6.07) is 19.3. The molecule has 2 fully saturated rings. The molecule has 1 spiro atoms. The second-order valence-electron chi connectivity index (χ2n) is 7.19. The quantitative estimate of drug-likeness (QED) is 0.744. The van der Waals surface area contributed by atoms with E-state index in [1.165, 1.54) is 0 Å². The molecular formula is C23H24N2O2S. The van der Waals surface area contributed by atoms with Gasteiger partial charge in [-0.3, -0.25) is 9.59 Å². The summed E-state index contributed by atoms with van der Waals surface area (Å²) in [5, 5.41) is 0. The van der Waals surface area contributed by atoms with Crippen molar-refractivity contribution in [3.63, 3.8) is 0 Å². The maximum Gasteiger partial charge on any atom is 0.253 e. The summed E-state index contributed by atoms with van der Waals surface area (Å²) in [6.45, 7) is 2.15. The number of carbonyl (C=O) groups is 2. The zero-order valence-corrected chi connectivity index (χ0v) is 16.6. The van der Waals surface area contributed by atoms with E-state index in [9.17, 15) is 9.59 Å². The fraction of sp³-hybridized carbons (Fsp3) is 0.304. The van der Waals surface area contributed by atoms with Gasteiger partial charge in [-0.2, -0.15) is 0 Å². The molecule has 28 heavy (non-hydrogen) atoms. The predicted molar refractivity (Wildman–Crippen MR) is 114 cm³/mol. The SMILES string of the molecule is O=C(c1ccccc1)N1CCC2(CC1)SCCN2C(=O)/C=C/c1ccccc1. The van der Waals surface area contributed by atoms with E-state index in [0.29, 0.717) is 13.1 Å². The molecule has 0 aliphatic carbocycles. The molecule has 0 bridgehead atoms. The molecule has 0 saturated carbocycles. The van der Waals surface area contributed by atoms with Gasteiger partial charge in [0.1, 0.15) is 0 Å². The topological polar surface area (TPSA) is 40.6 Å². The summed E-state index contributed by atoms with van der Waals surface area (Å²) in [5.41, 5.74) is 1.76. The number of rotatable bonds is 3. The van der Waals surface area contributed by atoms with Gasteiger partial charge in [-0.1, -0.05) is 48.5 Å². The molecule has 2 heterocycles. The molecule has 0 radical (unpaired) electrons. The van der Waals surface area contributed by atoms with Crippen LogP contribution in [0.15, 0.2) is 66.7 Å². The van der Waals surface area contributed by atoms with Crippen LogP contribution in [0.4, 0.5) is 0 Å². The molecule has 0 atom stereocenters. The highest BCUT2D eigenvalue weighted by molar-refractivity contribution is 8.00. The third kappa shape index (κ3) is 3.85. The molecule has 2 aromatic rings. The number of amides is 2. The van der Waals surface area contributed by atoms with Gasteiger partial charge in [0.25, 0.3) is 5.91 Å². The average Bonchev–Trinajstić information content (AvgIpc) is 3.16. The summed E-state index contributed by atoms with van der Waals surface area (Å²) in [5.74, 6) is 1.11. The normalized spacial score (nSPS) is 18.7. The minimum absolute atomic E-state index is 0.0664. The molecule has 144 valence electrons. The van der Waals surface area contributed by atoms with Gasteiger partial charge in [0.05, 0.1) is 4.87 Å². The van der Waals surface area contributed by atoms with Gasteiger partial charge in [-0.05, 0) is 36.6 Å². The first kappa shape index (κ1) is 18.8. The molecule has 0 N–H and O–H groups in total. The van der Waals surface area contributed by atoms with Crippen molar-refractivity contribution < 1.29 is 9.59 Å². The first-order valence-corrected chi connectivity index (χ1v) is 10.7. The number of nitrogens with zero attached hydrogens (tertiary/aromatic N) is 2. The van der Waals surface area contributed by atoms with Crippen LogP contribution in [0.2, 0.25) is 0 Å². The molecule has 0 aromatic heterocycles. The van der Waals surface area contributed by atoms with Crippen molar-refractivity contribution in [3.8, 4) is 0 Å². The monoisotopic (exact) mass is 392 g/mol. The molecular weight excluding hydrogens is 368 g/mol. The van der Waals surface area contributed by atoms with Gasteiger partial charge in [0.15, 0.2) is 0 Å².